The van der Waals surface area contributed by atoms with Crippen LogP contribution in [0, 0.1) is 5.41 Å². The maximum absolute atomic E-state index is 13.5. The fourth-order valence-corrected chi connectivity index (χ4v) is 5.90. The topological polar surface area (TPSA) is 53.1 Å². The average molecular weight is 526 g/mol. The van der Waals surface area contributed by atoms with E-state index in [1.54, 1.807) is 11.0 Å². The maximum Gasteiger partial charge on any atom is 0.236 e. The molecule has 2 aromatic rings. The molecule has 0 bridgehead atoms. The normalized spacial score (nSPS) is 20.3. The summed E-state index contributed by atoms with van der Waals surface area (Å²) in [5, 5.41) is 0.612. The number of amides is 2. The zero-order valence-corrected chi connectivity index (χ0v) is 23.0. The first-order valence-electron chi connectivity index (χ1n) is 13.5. The Hall–Kier alpha value is -2.57. The molecule has 200 valence electrons. The summed E-state index contributed by atoms with van der Waals surface area (Å²) in [4.78, 5) is 32.8. The highest BCUT2D eigenvalue weighted by atomic mass is 35.5. The monoisotopic (exact) mass is 525 g/mol. The standard InChI is InChI=1S/C30H40ClN3O3/c1-32(26-13-6-7-14-26)21-29(36)34-17-9-16-30(22-34,23-37-27-15-8-12-25(31)18-27)19-28(35)33(2)20-24-10-4-3-5-11-24/h3-5,8,10-12,15,18,26H,6-7,9,13-14,16-17,19-23H2,1-2H3/t30-/m1/s1. The van der Waals surface area contributed by atoms with Crippen molar-refractivity contribution in [3.8, 4) is 5.75 Å². The zero-order chi connectivity index (χ0) is 26.3. The predicted molar refractivity (Wildman–Crippen MR) is 148 cm³/mol. The van der Waals surface area contributed by atoms with Crippen molar-refractivity contribution in [2.45, 2.75) is 57.5 Å². The first kappa shape index (κ1) is 27.5. The Morgan fingerprint density at radius 2 is 1.81 bits per heavy atom. The van der Waals surface area contributed by atoms with Crippen LogP contribution in [0.25, 0.3) is 0 Å². The number of benzene rings is 2. The molecule has 1 aliphatic heterocycles. The van der Waals surface area contributed by atoms with Crippen LogP contribution in [0.15, 0.2) is 54.6 Å². The van der Waals surface area contributed by atoms with E-state index < -0.39 is 5.41 Å². The highest BCUT2D eigenvalue weighted by Gasteiger charge is 2.41. The van der Waals surface area contributed by atoms with Gasteiger partial charge in [0.2, 0.25) is 11.8 Å². The first-order chi connectivity index (χ1) is 17.8. The molecule has 1 saturated carbocycles. The molecule has 0 unspecified atom stereocenters. The molecular weight excluding hydrogens is 486 g/mol. The lowest BCUT2D eigenvalue weighted by Crippen LogP contribution is -2.53. The van der Waals surface area contributed by atoms with Gasteiger partial charge in [0, 0.05) is 49.6 Å². The van der Waals surface area contributed by atoms with Crippen LogP contribution in [0.4, 0.5) is 0 Å². The van der Waals surface area contributed by atoms with Crippen molar-refractivity contribution in [2.75, 3.05) is 40.3 Å². The number of likely N-dealkylation sites (N-methyl/N-ethyl adjacent to an activating group) is 1. The minimum atomic E-state index is -0.454. The Bertz CT molecular complexity index is 1040. The molecule has 2 amide bonds. The van der Waals surface area contributed by atoms with Crippen molar-refractivity contribution < 1.29 is 14.3 Å². The van der Waals surface area contributed by atoms with Gasteiger partial charge in [-0.05, 0) is 56.5 Å². The van der Waals surface area contributed by atoms with Crippen molar-refractivity contribution in [1.82, 2.24) is 14.7 Å². The molecular formula is C30H40ClN3O3. The van der Waals surface area contributed by atoms with E-state index in [1.807, 2.05) is 60.5 Å². The number of rotatable bonds is 10. The van der Waals surface area contributed by atoms with Crippen molar-refractivity contribution in [1.29, 1.82) is 0 Å². The zero-order valence-electron chi connectivity index (χ0n) is 22.2. The summed E-state index contributed by atoms with van der Waals surface area (Å²) >= 11 is 6.17. The summed E-state index contributed by atoms with van der Waals surface area (Å²) < 4.78 is 6.22. The minimum absolute atomic E-state index is 0.0657. The van der Waals surface area contributed by atoms with Gasteiger partial charge in [0.15, 0.2) is 0 Å². The smallest absolute Gasteiger partial charge is 0.236 e. The van der Waals surface area contributed by atoms with Gasteiger partial charge in [-0.1, -0.05) is 60.8 Å². The van der Waals surface area contributed by atoms with E-state index in [4.69, 9.17) is 16.3 Å². The lowest BCUT2D eigenvalue weighted by molar-refractivity contribution is -0.142. The Morgan fingerprint density at radius 3 is 2.54 bits per heavy atom. The summed E-state index contributed by atoms with van der Waals surface area (Å²) in [5.41, 5.74) is 0.641. The third kappa shape index (κ3) is 7.71. The van der Waals surface area contributed by atoms with E-state index in [9.17, 15) is 9.59 Å². The number of piperidine rings is 1. The van der Waals surface area contributed by atoms with Crippen LogP contribution in [0.2, 0.25) is 5.02 Å². The molecule has 6 nitrogen and oxygen atoms in total. The summed E-state index contributed by atoms with van der Waals surface area (Å²) in [6.07, 6.45) is 6.85. The molecule has 2 aliphatic rings. The summed E-state index contributed by atoms with van der Waals surface area (Å²) in [7, 11) is 3.92. The number of halogens is 1. The second kappa shape index (κ2) is 12.8. The van der Waals surface area contributed by atoms with Gasteiger partial charge < -0.3 is 14.5 Å². The van der Waals surface area contributed by atoms with Gasteiger partial charge in [-0.25, -0.2) is 0 Å². The molecule has 1 saturated heterocycles. The lowest BCUT2D eigenvalue weighted by atomic mass is 9.77. The summed E-state index contributed by atoms with van der Waals surface area (Å²) in [6.45, 7) is 2.60. The third-order valence-electron chi connectivity index (χ3n) is 7.90. The maximum atomic E-state index is 13.5. The second-order valence-corrected chi connectivity index (χ2v) is 11.4. The van der Waals surface area contributed by atoms with E-state index in [0.29, 0.717) is 49.5 Å². The number of carbonyl (C=O) groups is 2. The van der Waals surface area contributed by atoms with Gasteiger partial charge in [-0.3, -0.25) is 14.5 Å². The quantitative estimate of drug-likeness (QED) is 0.425. The van der Waals surface area contributed by atoms with Gasteiger partial charge in [-0.2, -0.15) is 0 Å². The van der Waals surface area contributed by atoms with E-state index >= 15 is 0 Å². The van der Waals surface area contributed by atoms with Crippen molar-refractivity contribution >= 4 is 23.4 Å². The Balaban J connectivity index is 1.46. The van der Waals surface area contributed by atoms with E-state index in [2.05, 4.69) is 11.9 Å². The molecule has 1 heterocycles. The van der Waals surface area contributed by atoms with Gasteiger partial charge in [0.05, 0.1) is 13.2 Å². The Kier molecular flexibility index (Phi) is 9.49. The molecule has 1 aliphatic carbocycles. The van der Waals surface area contributed by atoms with Crippen LogP contribution in [0.5, 0.6) is 5.75 Å². The fourth-order valence-electron chi connectivity index (χ4n) is 5.72. The molecule has 2 aromatic carbocycles. The third-order valence-corrected chi connectivity index (χ3v) is 8.14. The molecule has 37 heavy (non-hydrogen) atoms. The van der Waals surface area contributed by atoms with Gasteiger partial charge in [0.1, 0.15) is 5.75 Å². The van der Waals surface area contributed by atoms with Crippen molar-refractivity contribution in [2.24, 2.45) is 5.41 Å². The van der Waals surface area contributed by atoms with Crippen LogP contribution in [-0.4, -0.2) is 72.9 Å². The number of nitrogens with zero attached hydrogens (tertiary/aromatic N) is 3. The summed E-state index contributed by atoms with van der Waals surface area (Å²) in [6, 6.07) is 17.9. The summed E-state index contributed by atoms with van der Waals surface area (Å²) in [5.74, 6) is 0.892. The predicted octanol–water partition coefficient (Wildman–Crippen LogP) is 5.25. The molecule has 0 radical (unpaired) electrons. The van der Waals surface area contributed by atoms with Gasteiger partial charge in [0.25, 0.3) is 0 Å². The van der Waals surface area contributed by atoms with Crippen molar-refractivity contribution in [3.63, 3.8) is 0 Å². The average Bonchev–Trinajstić information content (AvgIpc) is 3.44. The molecule has 2 fully saturated rings. The van der Waals surface area contributed by atoms with Crippen LogP contribution in [-0.2, 0) is 16.1 Å². The largest absolute Gasteiger partial charge is 0.493 e. The van der Waals surface area contributed by atoms with Crippen LogP contribution in [0.1, 0.15) is 50.5 Å². The lowest BCUT2D eigenvalue weighted by Gasteiger charge is -2.43. The highest BCUT2D eigenvalue weighted by Crippen LogP contribution is 2.36. The second-order valence-electron chi connectivity index (χ2n) is 10.9. The molecule has 0 spiro atoms. The number of hydrogen-bond acceptors (Lipinski definition) is 4. The number of likely N-dealkylation sites (tertiary alicyclic amines) is 1. The van der Waals surface area contributed by atoms with E-state index in [0.717, 1.165) is 24.9 Å². The van der Waals surface area contributed by atoms with Crippen LogP contribution >= 0.6 is 11.6 Å². The molecule has 0 aromatic heterocycles. The number of carbonyl (C=O) groups excluding carboxylic acids is 2. The van der Waals surface area contributed by atoms with E-state index in [1.165, 1.54) is 25.7 Å². The molecule has 1 atom stereocenters. The highest BCUT2D eigenvalue weighted by molar-refractivity contribution is 6.30. The molecule has 7 heteroatoms. The van der Waals surface area contributed by atoms with Crippen LogP contribution in [0.3, 0.4) is 0 Å². The van der Waals surface area contributed by atoms with Gasteiger partial charge >= 0.3 is 0 Å². The Labute approximate surface area is 226 Å². The minimum Gasteiger partial charge on any atom is -0.493 e. The SMILES string of the molecule is CN(Cc1ccccc1)C(=O)C[C@]1(COc2cccc(Cl)c2)CCCN(C(=O)CN(C)C2CCCC2)C1. The number of ether oxygens (including phenoxy) is 1. The molecule has 0 N–H and O–H groups in total. The Morgan fingerprint density at radius 1 is 1.05 bits per heavy atom. The van der Waals surface area contributed by atoms with Crippen LogP contribution < -0.4 is 4.74 Å². The first-order valence-corrected chi connectivity index (χ1v) is 13.9. The van der Waals surface area contributed by atoms with E-state index in [-0.39, 0.29) is 11.8 Å². The molecule has 4 rings (SSSR count). The van der Waals surface area contributed by atoms with Crippen molar-refractivity contribution in [3.05, 3.63) is 65.2 Å². The fraction of sp³-hybridized carbons (Fsp3) is 0.533. The number of hydrogen-bond donors (Lipinski definition) is 0. The van der Waals surface area contributed by atoms with Gasteiger partial charge in [-0.15, -0.1) is 0 Å².